The number of hydrogen-bond donors (Lipinski definition) is 1. The average Bonchev–Trinajstić information content (AvgIpc) is 2.65. The average molecular weight is 436 g/mol. The number of hydrogen-bond acceptors (Lipinski definition) is 6. The second kappa shape index (κ2) is 10.4. The third-order valence-electron chi connectivity index (χ3n) is 4.40. The Morgan fingerprint density at radius 1 is 1.15 bits per heavy atom. The summed E-state index contributed by atoms with van der Waals surface area (Å²) in [7, 11) is -3.64. The zero-order valence-electron chi connectivity index (χ0n) is 15.5. The number of benzene rings is 1. The summed E-state index contributed by atoms with van der Waals surface area (Å²) >= 11 is 1.64. The van der Waals surface area contributed by atoms with Gasteiger partial charge in [-0.1, -0.05) is 12.1 Å². The number of nitrogens with two attached hydrogens (primary N) is 1. The molecule has 1 aliphatic rings. The van der Waals surface area contributed by atoms with Crippen molar-refractivity contribution in [2.45, 2.75) is 24.3 Å². The highest BCUT2D eigenvalue weighted by atomic mass is 35.5. The smallest absolute Gasteiger partial charge is 0.243 e. The number of carbonyl (C=O) groups excluding carboxylic acids is 2. The fourth-order valence-corrected chi connectivity index (χ4v) is 4.67. The molecule has 1 amide bonds. The Morgan fingerprint density at radius 3 is 2.19 bits per heavy atom. The van der Waals surface area contributed by atoms with Gasteiger partial charge in [0, 0.05) is 31.7 Å². The van der Waals surface area contributed by atoms with E-state index in [1.54, 1.807) is 16.7 Å². The minimum absolute atomic E-state index is 0. The molecule has 1 aromatic carbocycles. The van der Waals surface area contributed by atoms with Crippen molar-refractivity contribution in [1.82, 2.24) is 9.21 Å². The van der Waals surface area contributed by atoms with E-state index in [0.29, 0.717) is 25.1 Å². The summed E-state index contributed by atoms with van der Waals surface area (Å²) in [5.41, 5.74) is 6.39. The first-order valence-electron chi connectivity index (χ1n) is 8.42. The number of amides is 1. The normalized spacial score (nSPS) is 16.5. The number of thioether (sulfide) groups is 1. The molecule has 1 aromatic rings. The molecule has 0 aliphatic carbocycles. The molecule has 0 spiro atoms. The van der Waals surface area contributed by atoms with E-state index in [-0.39, 0.29) is 42.1 Å². The summed E-state index contributed by atoms with van der Waals surface area (Å²) < 4.78 is 26.8. The summed E-state index contributed by atoms with van der Waals surface area (Å²) in [6.45, 7) is 2.56. The highest BCUT2D eigenvalue weighted by molar-refractivity contribution is 7.98. The van der Waals surface area contributed by atoms with Gasteiger partial charge in [-0.25, -0.2) is 8.42 Å². The van der Waals surface area contributed by atoms with Crippen molar-refractivity contribution in [3.05, 3.63) is 29.8 Å². The zero-order valence-corrected chi connectivity index (χ0v) is 17.9. The largest absolute Gasteiger partial charge is 0.339 e. The Labute approximate surface area is 171 Å². The topological polar surface area (TPSA) is 101 Å². The molecule has 2 rings (SSSR count). The molecule has 10 heteroatoms. The van der Waals surface area contributed by atoms with Gasteiger partial charge in [-0.05, 0) is 37.5 Å². The lowest BCUT2D eigenvalue weighted by Gasteiger charge is -2.35. The van der Waals surface area contributed by atoms with Crippen LogP contribution in [-0.2, 0) is 14.8 Å². The van der Waals surface area contributed by atoms with Crippen LogP contribution < -0.4 is 5.73 Å². The van der Waals surface area contributed by atoms with E-state index in [1.807, 2.05) is 6.26 Å². The standard InChI is InChI=1S/C17H25N3O4S2.ClH/c1-13(21)14-3-5-15(6-4-14)26(23,24)20-10-8-19(9-11-20)17(22)16(18)7-12-25-2;/h3-6,16H,7-12,18H2,1-2H3;1H/t16-;/m0./s1. The molecule has 0 radical (unpaired) electrons. The molecule has 2 N–H and O–H groups in total. The van der Waals surface area contributed by atoms with Gasteiger partial charge < -0.3 is 10.6 Å². The highest BCUT2D eigenvalue weighted by Gasteiger charge is 2.31. The molecule has 7 nitrogen and oxygen atoms in total. The van der Waals surface area contributed by atoms with E-state index in [0.717, 1.165) is 5.75 Å². The minimum atomic E-state index is -3.64. The SMILES string of the molecule is CSCC[C@H](N)C(=O)N1CCN(S(=O)(=O)c2ccc(C(C)=O)cc2)CC1.Cl. The molecule has 1 atom stereocenters. The van der Waals surface area contributed by atoms with E-state index in [1.165, 1.54) is 35.5 Å². The number of piperazine rings is 1. The van der Waals surface area contributed by atoms with Gasteiger partial charge in [0.25, 0.3) is 0 Å². The lowest BCUT2D eigenvalue weighted by atomic mass is 10.2. The molecular weight excluding hydrogens is 410 g/mol. The van der Waals surface area contributed by atoms with Gasteiger partial charge in [-0.3, -0.25) is 9.59 Å². The monoisotopic (exact) mass is 435 g/mol. The summed E-state index contributed by atoms with van der Waals surface area (Å²) in [4.78, 5) is 25.4. The van der Waals surface area contributed by atoms with Crippen molar-refractivity contribution in [2.75, 3.05) is 38.2 Å². The third-order valence-corrected chi connectivity index (χ3v) is 6.96. The Bertz CT molecular complexity index is 748. The molecule has 1 saturated heterocycles. The number of nitrogens with zero attached hydrogens (tertiary/aromatic N) is 2. The zero-order chi connectivity index (χ0) is 19.3. The summed E-state index contributed by atoms with van der Waals surface area (Å²) in [6, 6.07) is 5.38. The van der Waals surface area contributed by atoms with Crippen LogP contribution in [0.1, 0.15) is 23.7 Å². The predicted octanol–water partition coefficient (Wildman–Crippen LogP) is 1.22. The molecule has 0 unspecified atom stereocenters. The number of sulfonamides is 1. The first-order chi connectivity index (χ1) is 12.3. The van der Waals surface area contributed by atoms with E-state index < -0.39 is 16.1 Å². The Morgan fingerprint density at radius 2 is 1.70 bits per heavy atom. The van der Waals surface area contributed by atoms with Crippen molar-refractivity contribution >= 4 is 45.9 Å². The van der Waals surface area contributed by atoms with Crippen molar-refractivity contribution in [2.24, 2.45) is 5.73 Å². The number of Topliss-reactive ketones (excluding diaryl/α,β-unsaturated/α-hetero) is 1. The molecular formula is C17H26ClN3O4S2. The quantitative estimate of drug-likeness (QED) is 0.646. The van der Waals surface area contributed by atoms with Crippen molar-refractivity contribution in [1.29, 1.82) is 0 Å². The van der Waals surface area contributed by atoms with Crippen LogP contribution in [0.4, 0.5) is 0 Å². The number of rotatable bonds is 7. The van der Waals surface area contributed by atoms with Crippen LogP contribution in [0.25, 0.3) is 0 Å². The van der Waals surface area contributed by atoms with E-state index >= 15 is 0 Å². The molecule has 0 aromatic heterocycles. The van der Waals surface area contributed by atoms with Gasteiger partial charge >= 0.3 is 0 Å². The van der Waals surface area contributed by atoms with Crippen LogP contribution in [-0.4, -0.2) is 73.5 Å². The molecule has 0 bridgehead atoms. The maximum atomic E-state index is 12.7. The van der Waals surface area contributed by atoms with Crippen LogP contribution in [0.2, 0.25) is 0 Å². The summed E-state index contributed by atoms with van der Waals surface area (Å²) in [6.07, 6.45) is 2.57. The van der Waals surface area contributed by atoms with Crippen LogP contribution in [0.5, 0.6) is 0 Å². The van der Waals surface area contributed by atoms with Gasteiger partial charge in [0.1, 0.15) is 0 Å². The van der Waals surface area contributed by atoms with Crippen LogP contribution in [0.3, 0.4) is 0 Å². The summed E-state index contributed by atoms with van der Waals surface area (Å²) in [5.74, 6) is 0.582. The molecule has 1 fully saturated rings. The van der Waals surface area contributed by atoms with Gasteiger partial charge in [0.2, 0.25) is 15.9 Å². The second-order valence-corrected chi connectivity index (χ2v) is 9.12. The maximum Gasteiger partial charge on any atom is 0.243 e. The Hall–Kier alpha value is -1.13. The molecule has 27 heavy (non-hydrogen) atoms. The lowest BCUT2D eigenvalue weighted by Crippen LogP contribution is -2.54. The van der Waals surface area contributed by atoms with E-state index in [9.17, 15) is 18.0 Å². The fourth-order valence-electron chi connectivity index (χ4n) is 2.76. The molecule has 1 heterocycles. The third kappa shape index (κ3) is 5.92. The molecule has 1 aliphatic heterocycles. The van der Waals surface area contributed by atoms with Gasteiger partial charge in [-0.2, -0.15) is 16.1 Å². The lowest BCUT2D eigenvalue weighted by molar-refractivity contribution is -0.133. The van der Waals surface area contributed by atoms with Gasteiger partial charge in [0.15, 0.2) is 5.78 Å². The van der Waals surface area contributed by atoms with Crippen molar-refractivity contribution in [3.8, 4) is 0 Å². The Kier molecular flexibility index (Phi) is 9.23. The summed E-state index contributed by atoms with van der Waals surface area (Å²) in [5, 5.41) is 0. The van der Waals surface area contributed by atoms with Crippen molar-refractivity contribution < 1.29 is 18.0 Å². The Balaban J connectivity index is 0.00000364. The predicted molar refractivity (Wildman–Crippen MR) is 110 cm³/mol. The minimum Gasteiger partial charge on any atom is -0.339 e. The van der Waals surface area contributed by atoms with Crippen LogP contribution in [0.15, 0.2) is 29.2 Å². The highest BCUT2D eigenvalue weighted by Crippen LogP contribution is 2.19. The number of halogens is 1. The first-order valence-corrected chi connectivity index (χ1v) is 11.2. The van der Waals surface area contributed by atoms with Crippen molar-refractivity contribution in [3.63, 3.8) is 0 Å². The van der Waals surface area contributed by atoms with Gasteiger partial charge in [0.05, 0.1) is 10.9 Å². The van der Waals surface area contributed by atoms with E-state index in [4.69, 9.17) is 5.73 Å². The fraction of sp³-hybridized carbons (Fsp3) is 0.529. The molecule has 152 valence electrons. The first kappa shape index (κ1) is 23.9. The van der Waals surface area contributed by atoms with Crippen LogP contribution in [0, 0.1) is 0 Å². The van der Waals surface area contributed by atoms with Gasteiger partial charge in [-0.15, -0.1) is 12.4 Å². The second-order valence-electron chi connectivity index (χ2n) is 6.20. The van der Waals surface area contributed by atoms with E-state index in [2.05, 4.69) is 0 Å². The maximum absolute atomic E-state index is 12.7. The van der Waals surface area contributed by atoms with Crippen LogP contribution >= 0.6 is 24.2 Å². The molecule has 0 saturated carbocycles. The number of carbonyl (C=O) groups is 2. The number of ketones is 1.